The molecule has 2 aromatic carbocycles. The number of aliphatic hydroxyl groups excluding tert-OH is 1. The van der Waals surface area contributed by atoms with E-state index in [1.807, 2.05) is 36.2 Å². The summed E-state index contributed by atoms with van der Waals surface area (Å²) in [5.41, 5.74) is 2.03. The molecule has 0 saturated carbocycles. The number of rotatable bonds is 7. The van der Waals surface area contributed by atoms with Crippen molar-refractivity contribution in [3.05, 3.63) is 63.6 Å². The molecular formula is C18H20BrNO4. The minimum Gasteiger partial charge on any atom is -0.497 e. The first-order chi connectivity index (χ1) is 11.5. The molecule has 0 aliphatic rings. The van der Waals surface area contributed by atoms with Gasteiger partial charge in [0.15, 0.2) is 0 Å². The Labute approximate surface area is 149 Å². The number of aromatic carboxylic acids is 1. The second-order valence-electron chi connectivity index (χ2n) is 5.51. The highest BCUT2D eigenvalue weighted by molar-refractivity contribution is 9.10. The van der Waals surface area contributed by atoms with E-state index in [1.165, 1.54) is 0 Å². The fourth-order valence-corrected chi connectivity index (χ4v) is 3.09. The average Bonchev–Trinajstić information content (AvgIpc) is 2.57. The van der Waals surface area contributed by atoms with Crippen LogP contribution in [-0.4, -0.2) is 41.8 Å². The van der Waals surface area contributed by atoms with Gasteiger partial charge in [-0.3, -0.25) is 4.90 Å². The number of benzene rings is 2. The van der Waals surface area contributed by atoms with Crippen LogP contribution in [-0.2, 0) is 6.54 Å². The van der Waals surface area contributed by atoms with Crippen molar-refractivity contribution < 1.29 is 19.7 Å². The van der Waals surface area contributed by atoms with Crippen LogP contribution in [0.3, 0.4) is 0 Å². The van der Waals surface area contributed by atoms with Gasteiger partial charge in [0.05, 0.1) is 25.3 Å². The lowest BCUT2D eigenvalue weighted by Gasteiger charge is -2.28. The van der Waals surface area contributed by atoms with Crippen molar-refractivity contribution in [2.45, 2.75) is 12.6 Å². The number of methoxy groups -OCH3 is 1. The molecule has 0 aliphatic heterocycles. The van der Waals surface area contributed by atoms with E-state index in [9.17, 15) is 9.90 Å². The summed E-state index contributed by atoms with van der Waals surface area (Å²) in [7, 11) is 3.49. The average molecular weight is 394 g/mol. The smallest absolute Gasteiger partial charge is 0.335 e. The Morgan fingerprint density at radius 1 is 1.29 bits per heavy atom. The molecule has 2 N–H and O–H groups in total. The summed E-state index contributed by atoms with van der Waals surface area (Å²) < 4.78 is 6.14. The van der Waals surface area contributed by atoms with Crippen LogP contribution < -0.4 is 4.74 Å². The quantitative estimate of drug-likeness (QED) is 0.754. The zero-order chi connectivity index (χ0) is 17.7. The van der Waals surface area contributed by atoms with Crippen LogP contribution >= 0.6 is 15.9 Å². The molecule has 2 aromatic rings. The number of nitrogens with zero attached hydrogens (tertiary/aromatic N) is 1. The number of hydrogen-bond acceptors (Lipinski definition) is 4. The fraction of sp³-hybridized carbons (Fsp3) is 0.278. The van der Waals surface area contributed by atoms with Crippen LogP contribution in [0.5, 0.6) is 5.75 Å². The van der Waals surface area contributed by atoms with E-state index >= 15 is 0 Å². The molecule has 0 heterocycles. The van der Waals surface area contributed by atoms with Crippen molar-refractivity contribution in [1.82, 2.24) is 4.90 Å². The number of halogens is 1. The Hall–Kier alpha value is -1.89. The van der Waals surface area contributed by atoms with Gasteiger partial charge in [0, 0.05) is 11.0 Å². The second kappa shape index (κ2) is 8.28. The summed E-state index contributed by atoms with van der Waals surface area (Å²) in [5, 5.41) is 19.0. The normalized spacial score (nSPS) is 12.2. The highest BCUT2D eigenvalue weighted by atomic mass is 79.9. The Balaban J connectivity index is 2.24. The van der Waals surface area contributed by atoms with Crippen molar-refractivity contribution in [3.8, 4) is 5.75 Å². The molecule has 0 fully saturated rings. The zero-order valence-electron chi connectivity index (χ0n) is 13.6. The molecule has 0 aromatic heterocycles. The summed E-state index contributed by atoms with van der Waals surface area (Å²) in [6.07, 6.45) is 0. The molecule has 0 radical (unpaired) electrons. The van der Waals surface area contributed by atoms with E-state index in [-0.39, 0.29) is 18.2 Å². The first kappa shape index (κ1) is 18.4. The highest BCUT2D eigenvalue weighted by Crippen LogP contribution is 2.31. The molecule has 2 rings (SSSR count). The van der Waals surface area contributed by atoms with Gasteiger partial charge in [-0.05, 0) is 48.5 Å². The van der Waals surface area contributed by atoms with Gasteiger partial charge < -0.3 is 14.9 Å². The van der Waals surface area contributed by atoms with E-state index < -0.39 is 5.97 Å². The third-order valence-corrected chi connectivity index (χ3v) is 4.60. The maximum Gasteiger partial charge on any atom is 0.335 e. The summed E-state index contributed by atoms with van der Waals surface area (Å²) in [5.74, 6) is -0.235. The van der Waals surface area contributed by atoms with Crippen molar-refractivity contribution in [2.24, 2.45) is 0 Å². The van der Waals surface area contributed by atoms with Crippen molar-refractivity contribution in [1.29, 1.82) is 0 Å². The monoisotopic (exact) mass is 393 g/mol. The van der Waals surface area contributed by atoms with Gasteiger partial charge in [-0.2, -0.15) is 0 Å². The molecule has 6 heteroatoms. The molecule has 1 atom stereocenters. The summed E-state index contributed by atoms with van der Waals surface area (Å²) in [6.45, 7) is 0.441. The Morgan fingerprint density at radius 3 is 2.67 bits per heavy atom. The number of ether oxygens (including phenoxy) is 1. The standard InChI is InChI=1S/C18H20BrNO4/c1-20(10-12-4-3-5-13(8-12)18(22)23)17(11-21)15-9-14(24-2)6-7-16(15)19/h3-9,17,21H,10-11H2,1-2H3,(H,22,23). The van der Waals surface area contributed by atoms with E-state index in [0.717, 1.165) is 15.6 Å². The third kappa shape index (κ3) is 4.35. The summed E-state index contributed by atoms with van der Waals surface area (Å²) in [6, 6.07) is 12.2. The zero-order valence-corrected chi connectivity index (χ0v) is 15.2. The van der Waals surface area contributed by atoms with Crippen molar-refractivity contribution in [2.75, 3.05) is 20.8 Å². The first-order valence-corrected chi connectivity index (χ1v) is 8.22. The molecule has 128 valence electrons. The van der Waals surface area contributed by atoms with E-state index in [2.05, 4.69) is 15.9 Å². The number of hydrogen-bond donors (Lipinski definition) is 2. The lowest BCUT2D eigenvalue weighted by molar-refractivity contribution is 0.0696. The lowest BCUT2D eigenvalue weighted by atomic mass is 10.0. The van der Waals surface area contributed by atoms with Crippen LogP contribution in [0.2, 0.25) is 0 Å². The van der Waals surface area contributed by atoms with Gasteiger partial charge in [0.2, 0.25) is 0 Å². The maximum atomic E-state index is 11.1. The van der Waals surface area contributed by atoms with Gasteiger partial charge in [-0.15, -0.1) is 0 Å². The summed E-state index contributed by atoms with van der Waals surface area (Å²) in [4.78, 5) is 13.1. The van der Waals surface area contributed by atoms with Crippen LogP contribution in [0.25, 0.3) is 0 Å². The number of carboxylic acid groups (broad SMARTS) is 1. The molecule has 0 saturated heterocycles. The molecule has 0 bridgehead atoms. The van der Waals surface area contributed by atoms with Crippen LogP contribution in [0.1, 0.15) is 27.5 Å². The topological polar surface area (TPSA) is 70.0 Å². The predicted molar refractivity (Wildman–Crippen MR) is 95.4 cm³/mol. The van der Waals surface area contributed by atoms with Gasteiger partial charge in [0.25, 0.3) is 0 Å². The van der Waals surface area contributed by atoms with Crippen molar-refractivity contribution in [3.63, 3.8) is 0 Å². The SMILES string of the molecule is COc1ccc(Br)c(C(CO)N(C)Cc2cccc(C(=O)O)c2)c1. The fourth-order valence-electron chi connectivity index (χ4n) is 2.58. The van der Waals surface area contributed by atoms with E-state index in [0.29, 0.717) is 12.3 Å². The molecular weight excluding hydrogens is 374 g/mol. The van der Waals surface area contributed by atoms with Gasteiger partial charge in [-0.1, -0.05) is 28.1 Å². The van der Waals surface area contributed by atoms with E-state index in [4.69, 9.17) is 9.84 Å². The molecule has 5 nitrogen and oxygen atoms in total. The van der Waals surface area contributed by atoms with Crippen LogP contribution in [0.15, 0.2) is 46.9 Å². The van der Waals surface area contributed by atoms with Crippen molar-refractivity contribution >= 4 is 21.9 Å². The van der Waals surface area contributed by atoms with Gasteiger partial charge in [0.1, 0.15) is 5.75 Å². The molecule has 1 unspecified atom stereocenters. The molecule has 0 aliphatic carbocycles. The maximum absolute atomic E-state index is 11.1. The minimum absolute atomic E-state index is 0.0686. The Morgan fingerprint density at radius 2 is 2.04 bits per heavy atom. The first-order valence-electron chi connectivity index (χ1n) is 7.43. The van der Waals surface area contributed by atoms with E-state index in [1.54, 1.807) is 25.3 Å². The Bertz CT molecular complexity index is 720. The Kier molecular flexibility index (Phi) is 6.36. The van der Waals surface area contributed by atoms with Crippen LogP contribution in [0.4, 0.5) is 0 Å². The van der Waals surface area contributed by atoms with Gasteiger partial charge >= 0.3 is 5.97 Å². The number of aliphatic hydroxyl groups is 1. The minimum atomic E-state index is -0.950. The molecule has 0 spiro atoms. The summed E-state index contributed by atoms with van der Waals surface area (Å²) >= 11 is 3.51. The second-order valence-corrected chi connectivity index (χ2v) is 6.36. The lowest BCUT2D eigenvalue weighted by Crippen LogP contribution is -2.27. The molecule has 0 amide bonds. The predicted octanol–water partition coefficient (Wildman–Crippen LogP) is 3.32. The van der Waals surface area contributed by atoms with Gasteiger partial charge in [-0.25, -0.2) is 4.79 Å². The number of carbonyl (C=O) groups is 1. The number of likely N-dealkylation sites (N-methyl/N-ethyl adjacent to an activating group) is 1. The third-order valence-electron chi connectivity index (χ3n) is 3.87. The largest absolute Gasteiger partial charge is 0.497 e. The highest BCUT2D eigenvalue weighted by Gasteiger charge is 2.20. The van der Waals surface area contributed by atoms with Crippen LogP contribution in [0, 0.1) is 0 Å². The molecule has 24 heavy (non-hydrogen) atoms. The number of carboxylic acids is 1.